The number of terminal acetylenes is 1. The number of hydrogen-bond acceptors (Lipinski definition) is 7. The predicted octanol–water partition coefficient (Wildman–Crippen LogP) is 3.54. The summed E-state index contributed by atoms with van der Waals surface area (Å²) < 4.78 is 23.0. The topological polar surface area (TPSA) is 74.7 Å². The van der Waals surface area contributed by atoms with Crippen molar-refractivity contribution in [1.29, 1.82) is 0 Å². The fraction of sp³-hybridized carbons (Fsp3) is 0.273. The van der Waals surface area contributed by atoms with Crippen molar-refractivity contribution >= 4 is 22.4 Å². The summed E-state index contributed by atoms with van der Waals surface area (Å²) >= 11 is 0. The number of ether oxygens (including phenoxy) is 4. The molecule has 1 aromatic heterocycles. The molecule has 2 heterocycles. The molecule has 4 rings (SSSR count). The molecular formula is C22H21N3O4. The summed E-state index contributed by atoms with van der Waals surface area (Å²) in [5.74, 6) is 4.90. The fourth-order valence-electron chi connectivity index (χ4n) is 3.20. The summed E-state index contributed by atoms with van der Waals surface area (Å²) in [5.41, 5.74) is 2.28. The quantitative estimate of drug-likeness (QED) is 0.644. The molecule has 0 spiro atoms. The van der Waals surface area contributed by atoms with Crippen LogP contribution in [0.25, 0.3) is 10.9 Å². The monoisotopic (exact) mass is 391 g/mol. The van der Waals surface area contributed by atoms with Gasteiger partial charge in [0.15, 0.2) is 11.5 Å². The van der Waals surface area contributed by atoms with Gasteiger partial charge in [0, 0.05) is 24.4 Å². The van der Waals surface area contributed by atoms with Crippen molar-refractivity contribution in [3.05, 3.63) is 42.2 Å². The highest BCUT2D eigenvalue weighted by atomic mass is 16.6. The molecule has 0 saturated heterocycles. The molecule has 1 N–H and O–H groups in total. The first-order valence-electron chi connectivity index (χ1n) is 9.26. The van der Waals surface area contributed by atoms with Gasteiger partial charge in [-0.25, -0.2) is 9.97 Å². The maximum atomic E-state index is 6.02. The number of anilines is 2. The number of benzene rings is 2. The van der Waals surface area contributed by atoms with Gasteiger partial charge in [-0.05, 0) is 25.1 Å². The number of nitrogens with one attached hydrogen (secondary N) is 1. The lowest BCUT2D eigenvalue weighted by Gasteiger charge is -2.25. The lowest BCUT2D eigenvalue weighted by Crippen LogP contribution is -2.21. The van der Waals surface area contributed by atoms with Crippen molar-refractivity contribution in [1.82, 2.24) is 9.97 Å². The van der Waals surface area contributed by atoms with Crippen molar-refractivity contribution in [2.24, 2.45) is 0 Å². The Kier molecular flexibility index (Phi) is 5.36. The van der Waals surface area contributed by atoms with Gasteiger partial charge in [-0.2, -0.15) is 0 Å². The van der Waals surface area contributed by atoms with E-state index in [2.05, 4.69) is 21.2 Å². The number of fused-ring (bicyclic) bond motifs is 3. The number of methoxy groups -OCH3 is 1. The standard InChI is InChI=1S/C22H21N3O4/c1-4-15-6-5-7-16(10-15)25-22-19-17(23-13-24-22)11-18(29-14(2)12-26-3)20-21(19)28-9-8-27-20/h1,5-7,10-11,13-14H,8-9,12H2,2-3H3,(H,23,24,25). The van der Waals surface area contributed by atoms with E-state index in [1.807, 2.05) is 37.3 Å². The molecule has 0 saturated carbocycles. The van der Waals surface area contributed by atoms with Gasteiger partial charge >= 0.3 is 0 Å². The van der Waals surface area contributed by atoms with E-state index in [1.54, 1.807) is 7.11 Å². The molecule has 0 amide bonds. The Labute approximate surface area is 169 Å². The number of aromatic nitrogens is 2. The Hall–Kier alpha value is -3.50. The van der Waals surface area contributed by atoms with Gasteiger partial charge in [-0.3, -0.25) is 0 Å². The molecule has 1 aliphatic heterocycles. The van der Waals surface area contributed by atoms with E-state index in [0.29, 0.717) is 48.4 Å². The zero-order valence-corrected chi connectivity index (χ0v) is 16.3. The van der Waals surface area contributed by atoms with Crippen LogP contribution in [0.4, 0.5) is 11.5 Å². The lowest BCUT2D eigenvalue weighted by molar-refractivity contribution is 0.0858. The van der Waals surface area contributed by atoms with Crippen molar-refractivity contribution in [3.63, 3.8) is 0 Å². The second-order valence-electron chi connectivity index (χ2n) is 6.58. The molecule has 1 aliphatic rings. The van der Waals surface area contributed by atoms with Crippen molar-refractivity contribution in [3.8, 4) is 29.6 Å². The molecule has 3 aromatic rings. The first-order valence-corrected chi connectivity index (χ1v) is 9.26. The van der Waals surface area contributed by atoms with Crippen LogP contribution in [0.5, 0.6) is 17.2 Å². The van der Waals surface area contributed by atoms with Gasteiger partial charge < -0.3 is 24.3 Å². The second-order valence-corrected chi connectivity index (χ2v) is 6.58. The Morgan fingerprint density at radius 1 is 1.21 bits per heavy atom. The van der Waals surface area contributed by atoms with Gasteiger partial charge in [0.2, 0.25) is 5.75 Å². The molecule has 0 aliphatic carbocycles. The minimum Gasteiger partial charge on any atom is -0.485 e. The van der Waals surface area contributed by atoms with Crippen LogP contribution in [-0.2, 0) is 4.74 Å². The van der Waals surface area contributed by atoms with Crippen molar-refractivity contribution in [2.75, 3.05) is 32.2 Å². The van der Waals surface area contributed by atoms with E-state index < -0.39 is 0 Å². The third-order valence-corrected chi connectivity index (χ3v) is 4.40. The number of nitrogens with zero attached hydrogens (tertiary/aromatic N) is 2. The smallest absolute Gasteiger partial charge is 0.204 e. The highest BCUT2D eigenvalue weighted by Gasteiger charge is 2.25. The van der Waals surface area contributed by atoms with Crippen LogP contribution in [0.3, 0.4) is 0 Å². The van der Waals surface area contributed by atoms with E-state index in [4.69, 9.17) is 25.4 Å². The predicted molar refractivity (Wildman–Crippen MR) is 110 cm³/mol. The lowest BCUT2D eigenvalue weighted by atomic mass is 10.1. The highest BCUT2D eigenvalue weighted by molar-refractivity contribution is 5.99. The van der Waals surface area contributed by atoms with E-state index in [0.717, 1.165) is 16.6 Å². The van der Waals surface area contributed by atoms with Crippen molar-refractivity contribution < 1.29 is 18.9 Å². The minimum absolute atomic E-state index is 0.155. The van der Waals surface area contributed by atoms with Gasteiger partial charge in [-0.15, -0.1) is 6.42 Å². The summed E-state index contributed by atoms with van der Waals surface area (Å²) in [6, 6.07) is 9.38. The molecule has 148 valence electrons. The Bertz CT molecular complexity index is 1080. The second kappa shape index (κ2) is 8.25. The van der Waals surface area contributed by atoms with E-state index >= 15 is 0 Å². The summed E-state index contributed by atoms with van der Waals surface area (Å²) in [7, 11) is 1.63. The normalized spacial score (nSPS) is 13.6. The molecule has 29 heavy (non-hydrogen) atoms. The van der Waals surface area contributed by atoms with E-state index in [9.17, 15) is 0 Å². The maximum Gasteiger partial charge on any atom is 0.204 e. The van der Waals surface area contributed by atoms with E-state index in [1.165, 1.54) is 6.33 Å². The Morgan fingerprint density at radius 2 is 2.03 bits per heavy atom. The van der Waals surface area contributed by atoms with Crippen LogP contribution >= 0.6 is 0 Å². The fourth-order valence-corrected chi connectivity index (χ4v) is 3.20. The molecule has 0 radical (unpaired) electrons. The largest absolute Gasteiger partial charge is 0.485 e. The molecular weight excluding hydrogens is 370 g/mol. The molecule has 1 atom stereocenters. The number of rotatable bonds is 6. The first-order chi connectivity index (χ1) is 14.2. The van der Waals surface area contributed by atoms with Crippen molar-refractivity contribution in [2.45, 2.75) is 13.0 Å². The molecule has 7 nitrogen and oxygen atoms in total. The third kappa shape index (κ3) is 3.89. The molecule has 2 aromatic carbocycles. The first kappa shape index (κ1) is 18.8. The average Bonchev–Trinajstić information content (AvgIpc) is 2.74. The summed E-state index contributed by atoms with van der Waals surface area (Å²) in [4.78, 5) is 8.82. The third-order valence-electron chi connectivity index (χ3n) is 4.40. The van der Waals surface area contributed by atoms with Gasteiger partial charge in [-0.1, -0.05) is 12.0 Å². The van der Waals surface area contributed by atoms with Crippen LogP contribution < -0.4 is 19.5 Å². The van der Waals surface area contributed by atoms with Crippen LogP contribution in [-0.4, -0.2) is 43.0 Å². The molecule has 7 heteroatoms. The highest BCUT2D eigenvalue weighted by Crippen LogP contribution is 2.47. The summed E-state index contributed by atoms with van der Waals surface area (Å²) in [6.45, 7) is 3.25. The van der Waals surface area contributed by atoms with Gasteiger partial charge in [0.1, 0.15) is 31.5 Å². The zero-order chi connectivity index (χ0) is 20.2. The zero-order valence-electron chi connectivity index (χ0n) is 16.3. The SMILES string of the molecule is C#Cc1cccc(Nc2ncnc3cc(OC(C)COC)c4c(c23)OCCO4)c1. The van der Waals surface area contributed by atoms with E-state index in [-0.39, 0.29) is 6.10 Å². The Morgan fingerprint density at radius 3 is 2.83 bits per heavy atom. The van der Waals surface area contributed by atoms with Crippen LogP contribution in [0.2, 0.25) is 0 Å². The van der Waals surface area contributed by atoms with Gasteiger partial charge in [0.05, 0.1) is 17.5 Å². The number of hydrogen-bond donors (Lipinski definition) is 1. The molecule has 1 unspecified atom stereocenters. The molecule has 0 bridgehead atoms. The summed E-state index contributed by atoms with van der Waals surface area (Å²) in [5, 5.41) is 4.03. The molecule has 0 fully saturated rings. The Balaban J connectivity index is 1.80. The average molecular weight is 391 g/mol. The van der Waals surface area contributed by atoms with Gasteiger partial charge in [0.25, 0.3) is 0 Å². The summed E-state index contributed by atoms with van der Waals surface area (Å²) in [6.07, 6.45) is 6.85. The maximum absolute atomic E-state index is 6.02. The van der Waals surface area contributed by atoms with Crippen LogP contribution in [0.15, 0.2) is 36.7 Å². The minimum atomic E-state index is -0.155. The van der Waals surface area contributed by atoms with Crippen LogP contribution in [0, 0.1) is 12.3 Å². The van der Waals surface area contributed by atoms with Crippen LogP contribution in [0.1, 0.15) is 12.5 Å².